The van der Waals surface area contributed by atoms with Gasteiger partial charge in [0.2, 0.25) is 0 Å². The normalized spacial score (nSPS) is 11.9. The van der Waals surface area contributed by atoms with Crippen LogP contribution < -0.4 is 10.6 Å². The molecule has 2 N–H and O–H groups in total. The Hall–Kier alpha value is -1.88. The maximum Gasteiger partial charge on any atom is 0.171 e. The Morgan fingerprint density at radius 2 is 2.00 bits per heavy atom. The van der Waals surface area contributed by atoms with Gasteiger partial charge in [0.25, 0.3) is 0 Å². The van der Waals surface area contributed by atoms with Crippen molar-refractivity contribution in [3.8, 4) is 0 Å². The molecule has 0 radical (unpaired) electrons. The Morgan fingerprint density at radius 3 is 2.58 bits per heavy atom. The van der Waals surface area contributed by atoms with Gasteiger partial charge in [0, 0.05) is 7.05 Å². The monoisotopic (exact) mass is 274 g/mol. The number of aromatic nitrogens is 2. The van der Waals surface area contributed by atoms with Gasteiger partial charge >= 0.3 is 0 Å². The second-order valence-electron chi connectivity index (χ2n) is 4.50. The summed E-state index contributed by atoms with van der Waals surface area (Å²) in [4.78, 5) is 0. The van der Waals surface area contributed by atoms with E-state index in [1.807, 2.05) is 36.9 Å². The zero-order valence-corrected chi connectivity index (χ0v) is 12.2. The van der Waals surface area contributed by atoms with Crippen molar-refractivity contribution < 1.29 is 0 Å². The van der Waals surface area contributed by atoms with Crippen molar-refractivity contribution in [1.29, 1.82) is 0 Å². The zero-order valence-electron chi connectivity index (χ0n) is 11.3. The van der Waals surface area contributed by atoms with Gasteiger partial charge in [-0.1, -0.05) is 30.3 Å². The molecule has 0 bridgehead atoms. The van der Waals surface area contributed by atoms with Gasteiger partial charge in [0.05, 0.1) is 23.6 Å². The zero-order chi connectivity index (χ0) is 13.8. The average molecular weight is 274 g/mol. The number of anilines is 1. The third-order valence-corrected chi connectivity index (χ3v) is 3.35. The van der Waals surface area contributed by atoms with E-state index in [0.717, 1.165) is 11.4 Å². The number of rotatable bonds is 3. The highest BCUT2D eigenvalue weighted by molar-refractivity contribution is 7.80. The first-order chi connectivity index (χ1) is 9.08. The minimum absolute atomic E-state index is 0.165. The molecule has 2 aromatic rings. The molecule has 0 saturated carbocycles. The largest absolute Gasteiger partial charge is 0.356 e. The lowest BCUT2D eigenvalue weighted by Gasteiger charge is -2.17. The second kappa shape index (κ2) is 5.84. The van der Waals surface area contributed by atoms with Crippen molar-refractivity contribution in [2.75, 3.05) is 5.32 Å². The van der Waals surface area contributed by atoms with Crippen LogP contribution >= 0.6 is 12.2 Å². The molecule has 19 heavy (non-hydrogen) atoms. The van der Waals surface area contributed by atoms with E-state index >= 15 is 0 Å². The highest BCUT2D eigenvalue weighted by Crippen LogP contribution is 2.14. The summed E-state index contributed by atoms with van der Waals surface area (Å²) in [6.07, 6.45) is 1.77. The van der Waals surface area contributed by atoms with Crippen molar-refractivity contribution in [3.63, 3.8) is 0 Å². The Labute approximate surface area is 118 Å². The topological polar surface area (TPSA) is 41.9 Å². The fourth-order valence-corrected chi connectivity index (χ4v) is 2.09. The van der Waals surface area contributed by atoms with E-state index in [1.54, 1.807) is 6.20 Å². The third kappa shape index (κ3) is 3.32. The number of thiocarbonyl (C=S) groups is 1. The number of hydrogen-bond acceptors (Lipinski definition) is 2. The van der Waals surface area contributed by atoms with E-state index in [9.17, 15) is 0 Å². The molecule has 1 unspecified atom stereocenters. The third-order valence-electron chi connectivity index (χ3n) is 3.13. The molecule has 2 rings (SSSR count). The molecular weight excluding hydrogens is 256 g/mol. The van der Waals surface area contributed by atoms with E-state index in [-0.39, 0.29) is 6.04 Å². The van der Waals surface area contributed by atoms with Crippen LogP contribution in [0.3, 0.4) is 0 Å². The minimum atomic E-state index is 0.165. The smallest absolute Gasteiger partial charge is 0.171 e. The quantitative estimate of drug-likeness (QED) is 0.845. The average Bonchev–Trinajstić information content (AvgIpc) is 2.71. The number of benzene rings is 1. The summed E-state index contributed by atoms with van der Waals surface area (Å²) in [5.74, 6) is 0. The van der Waals surface area contributed by atoms with Gasteiger partial charge < -0.3 is 10.6 Å². The maximum atomic E-state index is 5.32. The summed E-state index contributed by atoms with van der Waals surface area (Å²) in [6.45, 7) is 4.08. The molecule has 4 nitrogen and oxygen atoms in total. The molecule has 0 saturated heterocycles. The first kappa shape index (κ1) is 13.5. The van der Waals surface area contributed by atoms with Crippen LogP contribution in [0, 0.1) is 6.92 Å². The molecule has 0 aliphatic heterocycles. The van der Waals surface area contributed by atoms with Crippen LogP contribution in [-0.2, 0) is 7.05 Å². The van der Waals surface area contributed by atoms with Crippen LogP contribution in [0.5, 0.6) is 0 Å². The van der Waals surface area contributed by atoms with Gasteiger partial charge in [0.1, 0.15) is 0 Å². The highest BCUT2D eigenvalue weighted by atomic mass is 32.1. The van der Waals surface area contributed by atoms with E-state index in [1.165, 1.54) is 5.56 Å². The predicted octanol–water partition coefficient (Wildman–Crippen LogP) is 2.78. The molecule has 0 spiro atoms. The highest BCUT2D eigenvalue weighted by Gasteiger charge is 2.09. The van der Waals surface area contributed by atoms with E-state index < -0.39 is 0 Å². The second-order valence-corrected chi connectivity index (χ2v) is 4.91. The van der Waals surface area contributed by atoms with E-state index in [2.05, 4.69) is 34.8 Å². The first-order valence-electron chi connectivity index (χ1n) is 6.19. The lowest BCUT2D eigenvalue weighted by molar-refractivity contribution is 0.722. The summed E-state index contributed by atoms with van der Waals surface area (Å²) in [6, 6.07) is 10.4. The van der Waals surface area contributed by atoms with Crippen LogP contribution in [0.2, 0.25) is 0 Å². The fraction of sp³-hybridized carbons (Fsp3) is 0.286. The van der Waals surface area contributed by atoms with E-state index in [4.69, 9.17) is 12.2 Å². The summed E-state index contributed by atoms with van der Waals surface area (Å²) in [7, 11) is 1.91. The lowest BCUT2D eigenvalue weighted by Crippen LogP contribution is -2.31. The van der Waals surface area contributed by atoms with Gasteiger partial charge in [0.15, 0.2) is 5.11 Å². The summed E-state index contributed by atoms with van der Waals surface area (Å²) in [5.41, 5.74) is 3.19. The van der Waals surface area contributed by atoms with Crippen molar-refractivity contribution in [1.82, 2.24) is 15.1 Å². The molecule has 5 heteroatoms. The van der Waals surface area contributed by atoms with Crippen LogP contribution in [0.25, 0.3) is 0 Å². The SMILES string of the molecule is Cc1c(NC(=S)NC(C)c2ccccc2)cnn1C. The van der Waals surface area contributed by atoms with Crippen molar-refractivity contribution in [2.45, 2.75) is 19.9 Å². The molecule has 1 aromatic carbocycles. The van der Waals surface area contributed by atoms with E-state index in [0.29, 0.717) is 5.11 Å². The van der Waals surface area contributed by atoms with Gasteiger partial charge in [-0.2, -0.15) is 5.10 Å². The number of aryl methyl sites for hydroxylation is 1. The van der Waals surface area contributed by atoms with Crippen LogP contribution in [0.4, 0.5) is 5.69 Å². The van der Waals surface area contributed by atoms with Gasteiger partial charge in [-0.05, 0) is 31.6 Å². The molecule has 100 valence electrons. The molecule has 0 fully saturated rings. The first-order valence-corrected chi connectivity index (χ1v) is 6.60. The fourth-order valence-electron chi connectivity index (χ4n) is 1.80. The number of hydrogen-bond donors (Lipinski definition) is 2. The minimum Gasteiger partial charge on any atom is -0.356 e. The lowest BCUT2D eigenvalue weighted by atomic mass is 10.1. The van der Waals surface area contributed by atoms with Gasteiger partial charge in [-0.25, -0.2) is 0 Å². The molecular formula is C14H18N4S. The molecule has 0 amide bonds. The summed E-state index contributed by atoms with van der Waals surface area (Å²) in [5, 5.41) is 11.2. The standard InChI is InChI=1S/C14H18N4S/c1-10(12-7-5-4-6-8-12)16-14(19)17-13-9-15-18(3)11(13)2/h4-10H,1-3H3,(H2,16,17,19). The van der Waals surface area contributed by atoms with Crippen molar-refractivity contribution in [3.05, 3.63) is 47.8 Å². The maximum absolute atomic E-state index is 5.32. The van der Waals surface area contributed by atoms with Gasteiger partial charge in [-0.3, -0.25) is 4.68 Å². The summed E-state index contributed by atoms with van der Waals surface area (Å²) >= 11 is 5.32. The Balaban J connectivity index is 1.97. The Kier molecular flexibility index (Phi) is 4.16. The van der Waals surface area contributed by atoms with Crippen molar-refractivity contribution >= 4 is 23.0 Å². The number of nitrogens with zero attached hydrogens (tertiary/aromatic N) is 2. The van der Waals surface area contributed by atoms with Crippen LogP contribution in [0.1, 0.15) is 24.2 Å². The Bertz CT molecular complexity index is 562. The predicted molar refractivity (Wildman–Crippen MR) is 82.2 cm³/mol. The van der Waals surface area contributed by atoms with Crippen LogP contribution in [-0.4, -0.2) is 14.9 Å². The molecule has 1 atom stereocenters. The Morgan fingerprint density at radius 1 is 1.32 bits per heavy atom. The molecule has 0 aliphatic carbocycles. The molecule has 0 aliphatic rings. The van der Waals surface area contributed by atoms with Crippen molar-refractivity contribution in [2.24, 2.45) is 7.05 Å². The summed E-state index contributed by atoms with van der Waals surface area (Å²) < 4.78 is 1.81. The van der Waals surface area contributed by atoms with Gasteiger partial charge in [-0.15, -0.1) is 0 Å². The molecule has 1 heterocycles. The van der Waals surface area contributed by atoms with Crippen LogP contribution in [0.15, 0.2) is 36.5 Å². The number of nitrogens with one attached hydrogen (secondary N) is 2. The molecule has 1 aromatic heterocycles.